The van der Waals surface area contributed by atoms with Gasteiger partial charge in [0.05, 0.1) is 25.3 Å². The number of aryl methyl sites for hydroxylation is 2. The molecule has 1 N–H and O–H groups in total. The van der Waals surface area contributed by atoms with E-state index < -0.39 is 17.7 Å². The molecular weight excluding hydrogens is 492 g/mol. The number of Topliss-reactive ketones (excluding diaryl/α,β-unsaturated/α-hetero) is 1. The Morgan fingerprint density at radius 3 is 2.38 bits per heavy atom. The third-order valence-corrected chi connectivity index (χ3v) is 7.46. The van der Waals surface area contributed by atoms with Crippen LogP contribution in [0.1, 0.15) is 74.8 Å². The molecule has 0 aromatic heterocycles. The maximum atomic E-state index is 13.5. The van der Waals surface area contributed by atoms with Gasteiger partial charge in [-0.15, -0.1) is 0 Å². The number of carbonyl (C=O) groups excluding carboxylic acids is 2. The Morgan fingerprint density at radius 1 is 0.974 bits per heavy atom. The molecule has 212 valence electrons. The minimum atomic E-state index is -0.732. The predicted octanol–water partition coefficient (Wildman–Crippen LogP) is 6.03. The molecule has 0 radical (unpaired) electrons. The number of aliphatic hydroxyl groups is 1. The van der Waals surface area contributed by atoms with Crippen LogP contribution in [-0.2, 0) is 9.59 Å². The fraction of sp³-hybridized carbons (Fsp3) is 0.500. The first-order chi connectivity index (χ1) is 18.8. The maximum absolute atomic E-state index is 13.5. The van der Waals surface area contributed by atoms with Crippen molar-refractivity contribution >= 4 is 17.4 Å². The molecule has 1 unspecified atom stereocenters. The lowest BCUT2D eigenvalue weighted by atomic mass is 9.93. The quantitative estimate of drug-likeness (QED) is 0.137. The first-order valence-electron chi connectivity index (χ1n) is 14.2. The zero-order chi connectivity index (χ0) is 28.5. The molecule has 7 heteroatoms. The van der Waals surface area contributed by atoms with E-state index in [1.54, 1.807) is 12.0 Å². The van der Waals surface area contributed by atoms with E-state index in [1.165, 1.54) is 0 Å². The molecule has 2 aromatic carbocycles. The predicted molar refractivity (Wildman–Crippen MR) is 155 cm³/mol. The molecule has 0 aliphatic carbocycles. The fourth-order valence-electron chi connectivity index (χ4n) is 5.11. The summed E-state index contributed by atoms with van der Waals surface area (Å²) in [5, 5.41) is 11.5. The van der Waals surface area contributed by atoms with Crippen molar-refractivity contribution in [2.24, 2.45) is 0 Å². The van der Waals surface area contributed by atoms with Crippen LogP contribution in [-0.4, -0.2) is 66.5 Å². The number of carbonyl (C=O) groups is 2. The van der Waals surface area contributed by atoms with Crippen LogP contribution < -0.4 is 9.47 Å². The number of likely N-dealkylation sites (tertiary alicyclic amines) is 1. The first-order valence-corrected chi connectivity index (χ1v) is 14.2. The molecule has 1 atom stereocenters. The van der Waals surface area contributed by atoms with Crippen molar-refractivity contribution in [2.45, 2.75) is 66.3 Å². The Bertz CT molecular complexity index is 1190. The zero-order valence-corrected chi connectivity index (χ0v) is 24.4. The number of ether oxygens (including phenoxy) is 2. The number of hydrogen-bond acceptors (Lipinski definition) is 6. The third-order valence-electron chi connectivity index (χ3n) is 7.46. The maximum Gasteiger partial charge on any atom is 0.295 e. The van der Waals surface area contributed by atoms with Gasteiger partial charge in [-0.2, -0.15) is 0 Å². The van der Waals surface area contributed by atoms with Crippen molar-refractivity contribution in [2.75, 3.05) is 39.9 Å². The number of unbranched alkanes of at least 4 members (excludes halogenated alkanes) is 2. The molecule has 1 fully saturated rings. The minimum absolute atomic E-state index is 0.107. The van der Waals surface area contributed by atoms with Crippen LogP contribution in [0.4, 0.5) is 0 Å². The Kier molecular flexibility index (Phi) is 11.0. The summed E-state index contributed by atoms with van der Waals surface area (Å²) >= 11 is 0. The molecule has 2 aromatic rings. The summed E-state index contributed by atoms with van der Waals surface area (Å²) < 4.78 is 11.6. The van der Waals surface area contributed by atoms with E-state index >= 15 is 0 Å². The van der Waals surface area contributed by atoms with Gasteiger partial charge in [0, 0.05) is 12.1 Å². The summed E-state index contributed by atoms with van der Waals surface area (Å²) in [6, 6.07) is 10.5. The molecule has 1 aliphatic heterocycles. The molecule has 1 saturated heterocycles. The molecule has 7 nitrogen and oxygen atoms in total. The van der Waals surface area contributed by atoms with Gasteiger partial charge in [0.1, 0.15) is 5.76 Å². The fourth-order valence-corrected chi connectivity index (χ4v) is 5.11. The average molecular weight is 537 g/mol. The SMILES string of the molecule is CCCCCOc1ccc(C2C(=C(O)c3cc(C)ccc3C)C(=O)C(=O)N2CCCN(CC)CC)cc1OC. The van der Waals surface area contributed by atoms with Gasteiger partial charge in [-0.3, -0.25) is 9.59 Å². The number of aliphatic hydroxyl groups excluding tert-OH is 1. The molecule has 0 saturated carbocycles. The van der Waals surface area contributed by atoms with Crippen molar-refractivity contribution in [1.29, 1.82) is 0 Å². The standard InChI is InChI=1S/C32H44N2O5/c1-7-10-11-19-39-26-16-15-24(21-27(26)38-6)29-28(30(35)25-20-22(4)13-14-23(25)5)31(36)32(37)34(29)18-12-17-33(8-2)9-3/h13-16,20-21,29,35H,7-12,17-19H2,1-6H3. The zero-order valence-electron chi connectivity index (χ0n) is 24.4. The molecule has 3 rings (SSSR count). The van der Waals surface area contributed by atoms with Gasteiger partial charge in [0.15, 0.2) is 11.5 Å². The summed E-state index contributed by atoms with van der Waals surface area (Å²) in [5.41, 5.74) is 3.15. The van der Waals surface area contributed by atoms with Crippen molar-refractivity contribution in [3.8, 4) is 11.5 Å². The molecule has 1 heterocycles. The Hall–Kier alpha value is -3.32. The summed E-state index contributed by atoms with van der Waals surface area (Å²) in [5.74, 6) is -0.259. The Labute approximate surface area is 233 Å². The molecule has 1 aliphatic rings. The third kappa shape index (κ3) is 7.01. The van der Waals surface area contributed by atoms with E-state index in [0.717, 1.165) is 50.0 Å². The lowest BCUT2D eigenvalue weighted by Crippen LogP contribution is -2.33. The van der Waals surface area contributed by atoms with Gasteiger partial charge in [0.25, 0.3) is 11.7 Å². The average Bonchev–Trinajstić information content (AvgIpc) is 3.19. The van der Waals surface area contributed by atoms with Crippen LogP contribution in [0, 0.1) is 13.8 Å². The molecule has 0 spiro atoms. The van der Waals surface area contributed by atoms with Gasteiger partial charge in [-0.1, -0.05) is 57.4 Å². The summed E-state index contributed by atoms with van der Waals surface area (Å²) in [4.78, 5) is 30.7. The first kappa shape index (κ1) is 30.2. The normalized spacial score (nSPS) is 16.8. The van der Waals surface area contributed by atoms with Gasteiger partial charge in [0.2, 0.25) is 0 Å². The van der Waals surface area contributed by atoms with Gasteiger partial charge >= 0.3 is 0 Å². The lowest BCUT2D eigenvalue weighted by Gasteiger charge is -2.27. The highest BCUT2D eigenvalue weighted by atomic mass is 16.5. The minimum Gasteiger partial charge on any atom is -0.507 e. The Morgan fingerprint density at radius 2 is 1.72 bits per heavy atom. The summed E-state index contributed by atoms with van der Waals surface area (Å²) in [6.45, 7) is 13.8. The molecule has 39 heavy (non-hydrogen) atoms. The second kappa shape index (κ2) is 14.2. The highest BCUT2D eigenvalue weighted by molar-refractivity contribution is 6.46. The van der Waals surface area contributed by atoms with E-state index in [2.05, 4.69) is 25.7 Å². The summed E-state index contributed by atoms with van der Waals surface area (Å²) in [6.07, 6.45) is 3.85. The monoisotopic (exact) mass is 536 g/mol. The number of rotatable bonds is 14. The number of amides is 1. The van der Waals surface area contributed by atoms with Crippen LogP contribution in [0.5, 0.6) is 11.5 Å². The second-order valence-electron chi connectivity index (χ2n) is 10.2. The van der Waals surface area contributed by atoms with Crippen LogP contribution >= 0.6 is 0 Å². The topological polar surface area (TPSA) is 79.3 Å². The van der Waals surface area contributed by atoms with E-state index in [9.17, 15) is 14.7 Å². The molecule has 0 bridgehead atoms. The second-order valence-corrected chi connectivity index (χ2v) is 10.2. The van der Waals surface area contributed by atoms with Gasteiger partial charge < -0.3 is 24.4 Å². The highest BCUT2D eigenvalue weighted by Crippen LogP contribution is 2.42. The van der Waals surface area contributed by atoms with Crippen molar-refractivity contribution in [1.82, 2.24) is 9.80 Å². The molecule has 1 amide bonds. The van der Waals surface area contributed by atoms with Gasteiger partial charge in [-0.25, -0.2) is 0 Å². The number of benzene rings is 2. The van der Waals surface area contributed by atoms with Crippen LogP contribution in [0.3, 0.4) is 0 Å². The number of nitrogens with zero attached hydrogens (tertiary/aromatic N) is 2. The smallest absolute Gasteiger partial charge is 0.295 e. The number of ketones is 1. The van der Waals surface area contributed by atoms with Crippen molar-refractivity contribution in [3.63, 3.8) is 0 Å². The molecular formula is C32H44N2O5. The van der Waals surface area contributed by atoms with Crippen molar-refractivity contribution < 1.29 is 24.2 Å². The van der Waals surface area contributed by atoms with Crippen LogP contribution in [0.25, 0.3) is 5.76 Å². The van der Waals surface area contributed by atoms with E-state index in [1.807, 2.05) is 50.2 Å². The van der Waals surface area contributed by atoms with Gasteiger partial charge in [-0.05, 0) is 75.6 Å². The number of hydrogen-bond donors (Lipinski definition) is 1. The van der Waals surface area contributed by atoms with Crippen molar-refractivity contribution in [3.05, 3.63) is 64.2 Å². The van der Waals surface area contributed by atoms with E-state index in [0.29, 0.717) is 42.2 Å². The largest absolute Gasteiger partial charge is 0.507 e. The summed E-state index contributed by atoms with van der Waals surface area (Å²) in [7, 11) is 1.58. The van der Waals surface area contributed by atoms with E-state index in [-0.39, 0.29) is 11.3 Å². The Balaban J connectivity index is 2.07. The van der Waals surface area contributed by atoms with E-state index in [4.69, 9.17) is 9.47 Å². The number of methoxy groups -OCH3 is 1. The van der Waals surface area contributed by atoms with Crippen LogP contribution in [0.2, 0.25) is 0 Å². The van der Waals surface area contributed by atoms with Crippen LogP contribution in [0.15, 0.2) is 42.0 Å². The lowest BCUT2D eigenvalue weighted by molar-refractivity contribution is -0.140. The highest BCUT2D eigenvalue weighted by Gasteiger charge is 2.46.